The molecule has 0 aromatic rings. The Hall–Kier alpha value is -0.610. The van der Waals surface area contributed by atoms with Crippen LogP contribution in [0.25, 0.3) is 0 Å². The Morgan fingerprint density at radius 2 is 2.38 bits per heavy atom. The maximum Gasteiger partial charge on any atom is 0.219 e. The summed E-state index contributed by atoms with van der Waals surface area (Å²) in [5, 5.41) is 6.17. The predicted molar refractivity (Wildman–Crippen MR) is 66.4 cm³/mol. The van der Waals surface area contributed by atoms with E-state index in [1.165, 1.54) is 19.4 Å². The minimum absolute atomic E-state index is 0.148. The zero-order valence-electron chi connectivity index (χ0n) is 10.6. The second-order valence-corrected chi connectivity index (χ2v) is 4.46. The molecule has 1 aliphatic rings. The molecule has 0 radical (unpaired) electrons. The fraction of sp³-hybridized carbons (Fsp3) is 0.917. The smallest absolute Gasteiger partial charge is 0.219 e. The van der Waals surface area contributed by atoms with E-state index in [0.717, 1.165) is 26.1 Å². The Morgan fingerprint density at radius 3 is 2.94 bits per heavy atom. The molecule has 94 valence electrons. The fourth-order valence-electron chi connectivity index (χ4n) is 2.19. The molecule has 4 heteroatoms. The van der Waals surface area contributed by atoms with Gasteiger partial charge in [-0.3, -0.25) is 4.79 Å². The van der Waals surface area contributed by atoms with E-state index in [-0.39, 0.29) is 5.91 Å². The van der Waals surface area contributed by atoms with Gasteiger partial charge in [-0.05, 0) is 38.9 Å². The van der Waals surface area contributed by atoms with Crippen molar-refractivity contribution in [1.29, 1.82) is 0 Å². The number of carbonyl (C=O) groups excluding carboxylic acids is 1. The van der Waals surface area contributed by atoms with Crippen LogP contribution in [0.5, 0.6) is 0 Å². The van der Waals surface area contributed by atoms with Gasteiger partial charge in [-0.2, -0.15) is 0 Å². The first-order chi connectivity index (χ1) is 7.76. The largest absolute Gasteiger partial charge is 0.359 e. The highest BCUT2D eigenvalue weighted by Crippen LogP contribution is 2.07. The number of nitrogens with zero attached hydrogens (tertiary/aromatic N) is 1. The van der Waals surface area contributed by atoms with Crippen LogP contribution in [-0.4, -0.2) is 50.1 Å². The molecule has 0 aliphatic carbocycles. The lowest BCUT2D eigenvalue weighted by Gasteiger charge is -2.23. The molecule has 0 bridgehead atoms. The third kappa shape index (κ3) is 4.94. The molecule has 0 spiro atoms. The first kappa shape index (κ1) is 13.5. The molecule has 1 atom stereocenters. The summed E-state index contributed by atoms with van der Waals surface area (Å²) in [7, 11) is 1.70. The Morgan fingerprint density at radius 1 is 1.56 bits per heavy atom. The molecule has 0 aromatic carbocycles. The number of rotatable bonds is 7. The summed E-state index contributed by atoms with van der Waals surface area (Å²) in [6, 6.07) is 0.667. The van der Waals surface area contributed by atoms with Gasteiger partial charge in [0.05, 0.1) is 0 Å². The van der Waals surface area contributed by atoms with E-state index >= 15 is 0 Å². The molecule has 1 aliphatic heterocycles. The number of hydrogen-bond acceptors (Lipinski definition) is 3. The molecule has 1 rings (SSSR count). The van der Waals surface area contributed by atoms with Crippen molar-refractivity contribution < 1.29 is 4.79 Å². The highest BCUT2D eigenvalue weighted by atomic mass is 16.1. The summed E-state index contributed by atoms with van der Waals surface area (Å²) in [6.07, 6.45) is 4.21. The van der Waals surface area contributed by atoms with Crippen molar-refractivity contribution >= 4 is 5.91 Å². The van der Waals surface area contributed by atoms with E-state index in [2.05, 4.69) is 22.5 Å². The average molecular weight is 227 g/mol. The van der Waals surface area contributed by atoms with E-state index in [4.69, 9.17) is 0 Å². The quantitative estimate of drug-likeness (QED) is 0.669. The summed E-state index contributed by atoms with van der Waals surface area (Å²) in [5.41, 5.74) is 0. The van der Waals surface area contributed by atoms with Crippen LogP contribution in [0.3, 0.4) is 0 Å². The summed E-state index contributed by atoms with van der Waals surface area (Å²) in [6.45, 7) is 6.59. The molecule has 2 N–H and O–H groups in total. The van der Waals surface area contributed by atoms with Crippen LogP contribution in [0.15, 0.2) is 0 Å². The fourth-order valence-corrected chi connectivity index (χ4v) is 2.19. The van der Waals surface area contributed by atoms with E-state index < -0.39 is 0 Å². The van der Waals surface area contributed by atoms with Crippen molar-refractivity contribution in [2.45, 2.75) is 38.6 Å². The minimum Gasteiger partial charge on any atom is -0.359 e. The maximum absolute atomic E-state index is 11.1. The molecule has 1 saturated heterocycles. The van der Waals surface area contributed by atoms with Crippen molar-refractivity contribution in [3.63, 3.8) is 0 Å². The van der Waals surface area contributed by atoms with Crippen molar-refractivity contribution in [2.75, 3.05) is 33.2 Å². The van der Waals surface area contributed by atoms with Gasteiger partial charge >= 0.3 is 0 Å². The number of nitrogens with one attached hydrogen (secondary N) is 2. The third-order valence-electron chi connectivity index (χ3n) is 3.25. The van der Waals surface area contributed by atoms with Gasteiger partial charge in [-0.15, -0.1) is 0 Å². The van der Waals surface area contributed by atoms with E-state index in [1.54, 1.807) is 7.05 Å². The molecule has 1 heterocycles. The van der Waals surface area contributed by atoms with Gasteiger partial charge in [0.1, 0.15) is 0 Å². The maximum atomic E-state index is 11.1. The molecule has 1 fully saturated rings. The first-order valence-corrected chi connectivity index (χ1v) is 6.42. The standard InChI is InChI=1S/C12H25N3O/c1-3-15(9-5-7-12(16)13-2)10-11-6-4-8-14-11/h11,14H,3-10H2,1-2H3,(H,13,16). The van der Waals surface area contributed by atoms with Crippen LogP contribution in [0.1, 0.15) is 32.6 Å². The normalized spacial score (nSPS) is 20.3. The molecule has 4 nitrogen and oxygen atoms in total. The summed E-state index contributed by atoms with van der Waals surface area (Å²) in [5.74, 6) is 0.148. The lowest BCUT2D eigenvalue weighted by molar-refractivity contribution is -0.120. The van der Waals surface area contributed by atoms with Crippen molar-refractivity contribution in [3.05, 3.63) is 0 Å². The van der Waals surface area contributed by atoms with Crippen LogP contribution in [0.2, 0.25) is 0 Å². The molecule has 1 unspecified atom stereocenters. The van der Waals surface area contributed by atoms with Gasteiger partial charge in [-0.1, -0.05) is 6.92 Å². The highest BCUT2D eigenvalue weighted by Gasteiger charge is 2.16. The van der Waals surface area contributed by atoms with Crippen LogP contribution in [-0.2, 0) is 4.79 Å². The van der Waals surface area contributed by atoms with Gasteiger partial charge in [0, 0.05) is 26.1 Å². The minimum atomic E-state index is 0.148. The lowest BCUT2D eigenvalue weighted by Crippen LogP contribution is -2.38. The molecule has 1 amide bonds. The Balaban J connectivity index is 2.13. The monoisotopic (exact) mass is 227 g/mol. The van der Waals surface area contributed by atoms with Gasteiger partial charge in [0.2, 0.25) is 5.91 Å². The molecular formula is C12H25N3O. The van der Waals surface area contributed by atoms with Gasteiger partial charge in [-0.25, -0.2) is 0 Å². The number of likely N-dealkylation sites (N-methyl/N-ethyl adjacent to an activating group) is 1. The Labute approximate surface area is 98.8 Å². The number of hydrogen-bond donors (Lipinski definition) is 2. The second-order valence-electron chi connectivity index (χ2n) is 4.46. The Bertz CT molecular complexity index is 202. The zero-order valence-corrected chi connectivity index (χ0v) is 10.6. The summed E-state index contributed by atoms with van der Waals surface area (Å²) < 4.78 is 0. The van der Waals surface area contributed by atoms with E-state index in [9.17, 15) is 4.79 Å². The van der Waals surface area contributed by atoms with Crippen LogP contribution in [0.4, 0.5) is 0 Å². The lowest BCUT2D eigenvalue weighted by atomic mass is 10.2. The summed E-state index contributed by atoms with van der Waals surface area (Å²) >= 11 is 0. The molecular weight excluding hydrogens is 202 g/mol. The predicted octanol–water partition coefficient (Wildman–Crippen LogP) is 0.587. The zero-order chi connectivity index (χ0) is 11.8. The highest BCUT2D eigenvalue weighted by molar-refractivity contribution is 5.75. The van der Waals surface area contributed by atoms with Gasteiger partial charge < -0.3 is 15.5 Å². The molecule has 0 aromatic heterocycles. The topological polar surface area (TPSA) is 44.4 Å². The Kier molecular flexibility index (Phi) is 6.42. The van der Waals surface area contributed by atoms with Crippen LogP contribution >= 0.6 is 0 Å². The average Bonchev–Trinajstić information content (AvgIpc) is 2.80. The van der Waals surface area contributed by atoms with Crippen molar-refractivity contribution in [3.8, 4) is 0 Å². The van der Waals surface area contributed by atoms with E-state index in [1.807, 2.05) is 0 Å². The number of amides is 1. The summed E-state index contributed by atoms with van der Waals surface area (Å²) in [4.78, 5) is 13.5. The van der Waals surface area contributed by atoms with Crippen molar-refractivity contribution in [1.82, 2.24) is 15.5 Å². The van der Waals surface area contributed by atoms with Crippen molar-refractivity contribution in [2.24, 2.45) is 0 Å². The van der Waals surface area contributed by atoms with E-state index in [0.29, 0.717) is 12.5 Å². The second kappa shape index (κ2) is 7.63. The van der Waals surface area contributed by atoms with Gasteiger partial charge in [0.15, 0.2) is 0 Å². The molecule has 0 saturated carbocycles. The third-order valence-corrected chi connectivity index (χ3v) is 3.25. The first-order valence-electron chi connectivity index (χ1n) is 6.42. The van der Waals surface area contributed by atoms with Crippen LogP contribution in [0, 0.1) is 0 Å². The SMILES string of the molecule is CCN(CCCC(=O)NC)CC1CCCN1. The van der Waals surface area contributed by atoms with Crippen LogP contribution < -0.4 is 10.6 Å². The molecule has 16 heavy (non-hydrogen) atoms. The number of carbonyl (C=O) groups is 1. The van der Waals surface area contributed by atoms with Gasteiger partial charge in [0.25, 0.3) is 0 Å².